The number of pyridine rings is 1. The van der Waals surface area contributed by atoms with Crippen LogP contribution in [0.3, 0.4) is 0 Å². The van der Waals surface area contributed by atoms with Gasteiger partial charge in [0.2, 0.25) is 5.89 Å². The molecule has 7 heteroatoms. The molecule has 0 aliphatic rings. The lowest BCUT2D eigenvalue weighted by molar-refractivity contribution is 0.489. The highest BCUT2D eigenvalue weighted by molar-refractivity contribution is 7.98. The average Bonchev–Trinajstić information content (AvgIpc) is 2.90. The third-order valence-corrected chi connectivity index (χ3v) is 3.75. The Morgan fingerprint density at radius 1 is 1.37 bits per heavy atom. The van der Waals surface area contributed by atoms with E-state index in [1.807, 2.05) is 13.8 Å². The molecule has 0 fully saturated rings. The van der Waals surface area contributed by atoms with E-state index in [1.54, 1.807) is 12.3 Å². The molecule has 0 aliphatic carbocycles. The van der Waals surface area contributed by atoms with Crippen LogP contribution in [0.4, 0.5) is 0 Å². The number of thioether (sulfide) groups is 1. The van der Waals surface area contributed by atoms with Crippen LogP contribution in [0.15, 0.2) is 21.8 Å². The Kier molecular flexibility index (Phi) is 3.20. The molecule has 0 bridgehead atoms. The number of oxazole rings is 1. The molecule has 0 saturated carbocycles. The van der Waals surface area contributed by atoms with Gasteiger partial charge in [0, 0.05) is 6.20 Å². The number of H-pyrrole nitrogens is 1. The summed E-state index contributed by atoms with van der Waals surface area (Å²) in [6, 6.07) is 1.81. The lowest BCUT2D eigenvalue weighted by Crippen LogP contribution is -1.82. The summed E-state index contributed by atoms with van der Waals surface area (Å²) in [7, 11) is 0. The van der Waals surface area contributed by atoms with Gasteiger partial charge in [-0.15, -0.1) is 0 Å². The maximum absolute atomic E-state index is 5.88. The lowest BCUT2D eigenvalue weighted by atomic mass is 10.4. The number of fused-ring (bicyclic) bond motifs is 1. The van der Waals surface area contributed by atoms with Crippen LogP contribution in [0, 0.1) is 13.8 Å². The normalized spacial score (nSPS) is 11.3. The van der Waals surface area contributed by atoms with Crippen LogP contribution < -0.4 is 0 Å². The third-order valence-electron chi connectivity index (χ3n) is 2.69. The molecule has 0 amide bonds. The SMILES string of the molecule is Cc1nc(CSc2nc3ncc(Cl)cc3[nH]2)oc1C. The Hall–Kier alpha value is -1.53. The Morgan fingerprint density at radius 3 is 2.95 bits per heavy atom. The predicted octanol–water partition coefficient (Wildman–Crippen LogP) is 3.51. The molecule has 0 radical (unpaired) electrons. The molecule has 0 aliphatic heterocycles. The maximum atomic E-state index is 5.88. The van der Waals surface area contributed by atoms with Gasteiger partial charge in [-0.1, -0.05) is 23.4 Å². The summed E-state index contributed by atoms with van der Waals surface area (Å²) in [5.41, 5.74) is 2.41. The van der Waals surface area contributed by atoms with Crippen LogP contribution in [0.5, 0.6) is 0 Å². The van der Waals surface area contributed by atoms with Gasteiger partial charge in [-0.25, -0.2) is 15.0 Å². The average molecular weight is 295 g/mol. The van der Waals surface area contributed by atoms with Crippen LogP contribution in [-0.2, 0) is 5.75 Å². The molecule has 0 saturated heterocycles. The summed E-state index contributed by atoms with van der Waals surface area (Å²) in [5.74, 6) is 2.18. The minimum Gasteiger partial charge on any atom is -0.445 e. The quantitative estimate of drug-likeness (QED) is 0.749. The highest BCUT2D eigenvalue weighted by Gasteiger charge is 2.09. The van der Waals surface area contributed by atoms with Crippen LogP contribution in [0.25, 0.3) is 11.2 Å². The molecule has 19 heavy (non-hydrogen) atoms. The number of rotatable bonds is 3. The smallest absolute Gasteiger partial charge is 0.205 e. The highest BCUT2D eigenvalue weighted by Crippen LogP contribution is 2.24. The summed E-state index contributed by atoms with van der Waals surface area (Å²) < 4.78 is 5.52. The zero-order valence-corrected chi connectivity index (χ0v) is 12.0. The number of hydrogen-bond acceptors (Lipinski definition) is 5. The van der Waals surface area contributed by atoms with Crippen LogP contribution >= 0.6 is 23.4 Å². The minimum absolute atomic E-state index is 0.589. The first-order valence-corrected chi connectivity index (χ1v) is 7.05. The Bertz CT molecular complexity index is 717. The number of hydrogen-bond donors (Lipinski definition) is 1. The molecule has 0 unspecified atom stereocenters. The van der Waals surface area contributed by atoms with Gasteiger partial charge in [0.15, 0.2) is 10.8 Å². The molecule has 0 spiro atoms. The lowest BCUT2D eigenvalue weighted by Gasteiger charge is -1.92. The second-order valence-electron chi connectivity index (χ2n) is 4.10. The second-order valence-corrected chi connectivity index (χ2v) is 5.51. The van der Waals surface area contributed by atoms with Crippen molar-refractivity contribution in [3.63, 3.8) is 0 Å². The number of imidazole rings is 1. The standard InChI is InChI=1S/C12H11ClN4OS/c1-6-7(2)18-10(15-6)5-19-12-16-9-3-8(13)4-14-11(9)17-12/h3-4H,5H2,1-2H3,(H,14,16,17). The Morgan fingerprint density at radius 2 is 2.21 bits per heavy atom. The zero-order valence-electron chi connectivity index (χ0n) is 10.4. The van der Waals surface area contributed by atoms with Gasteiger partial charge in [-0.2, -0.15) is 0 Å². The van der Waals surface area contributed by atoms with Crippen molar-refractivity contribution < 1.29 is 4.42 Å². The van der Waals surface area contributed by atoms with Crippen molar-refractivity contribution in [3.05, 3.63) is 34.6 Å². The zero-order chi connectivity index (χ0) is 13.4. The van der Waals surface area contributed by atoms with E-state index >= 15 is 0 Å². The molecule has 0 atom stereocenters. The van der Waals surface area contributed by atoms with Crippen LogP contribution in [0.1, 0.15) is 17.3 Å². The van der Waals surface area contributed by atoms with Gasteiger partial charge in [-0.3, -0.25) is 0 Å². The van der Waals surface area contributed by atoms with Gasteiger partial charge in [0.25, 0.3) is 0 Å². The Balaban J connectivity index is 1.78. The van der Waals surface area contributed by atoms with Crippen molar-refractivity contribution in [1.82, 2.24) is 19.9 Å². The molecule has 98 valence electrons. The number of nitrogens with one attached hydrogen (secondary N) is 1. The van der Waals surface area contributed by atoms with Gasteiger partial charge in [-0.05, 0) is 19.9 Å². The van der Waals surface area contributed by atoms with Crippen molar-refractivity contribution in [2.45, 2.75) is 24.8 Å². The van der Waals surface area contributed by atoms with Crippen LogP contribution in [0.2, 0.25) is 5.02 Å². The predicted molar refractivity (Wildman–Crippen MR) is 74.4 cm³/mol. The molecule has 1 N–H and O–H groups in total. The fourth-order valence-corrected chi connectivity index (χ4v) is 2.53. The minimum atomic E-state index is 0.589. The second kappa shape index (κ2) is 4.86. The van der Waals surface area contributed by atoms with E-state index in [-0.39, 0.29) is 0 Å². The van der Waals surface area contributed by atoms with Gasteiger partial charge in [0.05, 0.1) is 22.0 Å². The molecule has 3 aromatic rings. The van der Waals surface area contributed by atoms with Crippen molar-refractivity contribution in [2.75, 3.05) is 0 Å². The first-order valence-electron chi connectivity index (χ1n) is 5.69. The van der Waals surface area contributed by atoms with Gasteiger partial charge >= 0.3 is 0 Å². The summed E-state index contributed by atoms with van der Waals surface area (Å²) in [5, 5.41) is 1.37. The van der Waals surface area contributed by atoms with Crippen LogP contribution in [-0.4, -0.2) is 19.9 Å². The number of halogens is 1. The van der Waals surface area contributed by atoms with E-state index < -0.39 is 0 Å². The first-order chi connectivity index (χ1) is 9.11. The maximum Gasteiger partial charge on any atom is 0.205 e. The first kappa shape index (κ1) is 12.5. The number of nitrogens with zero attached hydrogens (tertiary/aromatic N) is 3. The summed E-state index contributed by atoms with van der Waals surface area (Å²) in [6.07, 6.45) is 1.58. The topological polar surface area (TPSA) is 67.6 Å². The van der Waals surface area contributed by atoms with Crippen molar-refractivity contribution in [2.24, 2.45) is 0 Å². The monoisotopic (exact) mass is 294 g/mol. The molecule has 3 heterocycles. The van der Waals surface area contributed by atoms with Crippen molar-refractivity contribution in [1.29, 1.82) is 0 Å². The number of aromatic nitrogens is 4. The molecule has 5 nitrogen and oxygen atoms in total. The number of aryl methyl sites for hydroxylation is 2. The van der Waals surface area contributed by atoms with E-state index in [1.165, 1.54) is 11.8 Å². The Labute approximate surface area is 118 Å². The van der Waals surface area contributed by atoms with E-state index in [0.717, 1.165) is 22.1 Å². The molecule has 3 aromatic heterocycles. The van der Waals surface area contributed by atoms with Crippen molar-refractivity contribution in [3.8, 4) is 0 Å². The summed E-state index contributed by atoms with van der Waals surface area (Å²) >= 11 is 7.40. The fourth-order valence-electron chi connectivity index (χ4n) is 1.65. The summed E-state index contributed by atoms with van der Waals surface area (Å²) in [6.45, 7) is 3.84. The molecule has 0 aromatic carbocycles. The summed E-state index contributed by atoms with van der Waals surface area (Å²) in [4.78, 5) is 16.0. The van der Waals surface area contributed by atoms with E-state index in [4.69, 9.17) is 16.0 Å². The number of aromatic amines is 1. The van der Waals surface area contributed by atoms with E-state index in [0.29, 0.717) is 22.3 Å². The molecule has 3 rings (SSSR count). The molecular weight excluding hydrogens is 284 g/mol. The van der Waals surface area contributed by atoms with Crippen molar-refractivity contribution >= 4 is 34.5 Å². The molecular formula is C12H11ClN4OS. The largest absolute Gasteiger partial charge is 0.445 e. The van der Waals surface area contributed by atoms with E-state index in [9.17, 15) is 0 Å². The van der Waals surface area contributed by atoms with Gasteiger partial charge < -0.3 is 9.40 Å². The third kappa shape index (κ3) is 2.59. The van der Waals surface area contributed by atoms with E-state index in [2.05, 4.69) is 19.9 Å². The fraction of sp³-hybridized carbons (Fsp3) is 0.250. The highest BCUT2D eigenvalue weighted by atomic mass is 35.5. The van der Waals surface area contributed by atoms with Gasteiger partial charge in [0.1, 0.15) is 5.76 Å².